The molecule has 7 nitrogen and oxygen atoms in total. The number of methoxy groups -OCH3 is 1. The van der Waals surface area contributed by atoms with Crippen molar-refractivity contribution in [2.45, 2.75) is 24.1 Å². The van der Waals surface area contributed by atoms with Crippen LogP contribution in [-0.2, 0) is 9.53 Å². The zero-order valence-electron chi connectivity index (χ0n) is 13.4. The number of carbonyl (C=O) groups is 1. The Morgan fingerprint density at radius 3 is 3.00 bits per heavy atom. The summed E-state index contributed by atoms with van der Waals surface area (Å²) in [6, 6.07) is 7.54. The Labute approximate surface area is 144 Å². The molecule has 8 heteroatoms. The molecule has 1 amide bonds. The minimum Gasteiger partial charge on any atom is -0.497 e. The van der Waals surface area contributed by atoms with Gasteiger partial charge in [0.2, 0.25) is 11.1 Å². The van der Waals surface area contributed by atoms with Crippen LogP contribution < -0.4 is 10.1 Å². The van der Waals surface area contributed by atoms with E-state index in [0.29, 0.717) is 17.5 Å². The van der Waals surface area contributed by atoms with Crippen molar-refractivity contribution < 1.29 is 14.3 Å². The molecule has 2 aromatic rings. The first-order chi connectivity index (χ1) is 11.7. The maximum atomic E-state index is 11.9. The van der Waals surface area contributed by atoms with Crippen molar-refractivity contribution in [3.63, 3.8) is 0 Å². The van der Waals surface area contributed by atoms with Gasteiger partial charge in [0, 0.05) is 18.7 Å². The molecule has 0 saturated carbocycles. The summed E-state index contributed by atoms with van der Waals surface area (Å²) in [6.07, 6.45) is 2.24. The van der Waals surface area contributed by atoms with Gasteiger partial charge < -0.3 is 14.8 Å². The van der Waals surface area contributed by atoms with E-state index in [1.54, 1.807) is 7.11 Å². The van der Waals surface area contributed by atoms with Crippen LogP contribution in [0.2, 0.25) is 0 Å². The lowest BCUT2D eigenvalue weighted by Gasteiger charge is -2.09. The number of ether oxygens (including phenoxy) is 2. The molecule has 0 radical (unpaired) electrons. The average molecular weight is 348 g/mol. The van der Waals surface area contributed by atoms with Crippen molar-refractivity contribution in [3.8, 4) is 17.1 Å². The topological polar surface area (TPSA) is 89.1 Å². The summed E-state index contributed by atoms with van der Waals surface area (Å²) in [5.74, 6) is 1.70. The predicted molar refractivity (Wildman–Crippen MR) is 91.1 cm³/mol. The number of rotatable bonds is 7. The fourth-order valence-electron chi connectivity index (χ4n) is 2.40. The summed E-state index contributed by atoms with van der Waals surface area (Å²) in [5, 5.41) is 10.5. The van der Waals surface area contributed by atoms with Crippen molar-refractivity contribution in [1.29, 1.82) is 0 Å². The van der Waals surface area contributed by atoms with Gasteiger partial charge in [-0.2, -0.15) is 0 Å². The first-order valence-corrected chi connectivity index (χ1v) is 8.81. The fourth-order valence-corrected chi connectivity index (χ4v) is 3.03. The summed E-state index contributed by atoms with van der Waals surface area (Å²) in [5.41, 5.74) is 0.915. The first kappa shape index (κ1) is 16.8. The van der Waals surface area contributed by atoms with Crippen LogP contribution in [0.15, 0.2) is 29.4 Å². The second-order valence-electron chi connectivity index (χ2n) is 5.42. The SMILES string of the molecule is COc1ccc(-c2nc(SCC(=O)NC[C@H]3CCCO3)n[nH]2)cc1. The number of benzene rings is 1. The number of aromatic nitrogens is 3. The lowest BCUT2D eigenvalue weighted by atomic mass is 10.2. The zero-order valence-corrected chi connectivity index (χ0v) is 14.3. The lowest BCUT2D eigenvalue weighted by molar-refractivity contribution is -0.119. The van der Waals surface area contributed by atoms with Gasteiger partial charge in [0.1, 0.15) is 5.75 Å². The number of nitrogens with one attached hydrogen (secondary N) is 2. The molecule has 0 unspecified atom stereocenters. The zero-order chi connectivity index (χ0) is 16.8. The highest BCUT2D eigenvalue weighted by Gasteiger charge is 2.16. The summed E-state index contributed by atoms with van der Waals surface area (Å²) < 4.78 is 10.6. The smallest absolute Gasteiger partial charge is 0.230 e. The monoisotopic (exact) mass is 348 g/mol. The molecular weight excluding hydrogens is 328 g/mol. The van der Waals surface area contributed by atoms with Crippen molar-refractivity contribution in [2.24, 2.45) is 0 Å². The van der Waals surface area contributed by atoms with Crippen LogP contribution in [0.5, 0.6) is 5.75 Å². The van der Waals surface area contributed by atoms with E-state index in [9.17, 15) is 4.79 Å². The quantitative estimate of drug-likeness (QED) is 0.743. The highest BCUT2D eigenvalue weighted by molar-refractivity contribution is 7.99. The predicted octanol–water partition coefficient (Wildman–Crippen LogP) is 1.87. The molecule has 24 heavy (non-hydrogen) atoms. The Bertz CT molecular complexity index is 668. The standard InChI is InChI=1S/C16H20N4O3S/c1-22-12-6-4-11(5-7-12)15-18-16(20-19-15)24-10-14(21)17-9-13-3-2-8-23-13/h4-7,13H,2-3,8-10H2,1H3,(H,17,21)(H,18,19,20)/t13-/m1/s1. The summed E-state index contributed by atoms with van der Waals surface area (Å²) in [7, 11) is 1.63. The van der Waals surface area contributed by atoms with Crippen molar-refractivity contribution >= 4 is 17.7 Å². The van der Waals surface area contributed by atoms with Crippen LogP contribution in [0.3, 0.4) is 0 Å². The number of hydrogen-bond donors (Lipinski definition) is 2. The van der Waals surface area contributed by atoms with E-state index >= 15 is 0 Å². The number of hydrogen-bond acceptors (Lipinski definition) is 6. The van der Waals surface area contributed by atoms with Gasteiger partial charge in [0.05, 0.1) is 19.0 Å². The van der Waals surface area contributed by atoms with Gasteiger partial charge in [-0.3, -0.25) is 9.89 Å². The number of H-pyrrole nitrogens is 1. The Morgan fingerprint density at radius 1 is 1.46 bits per heavy atom. The molecule has 0 bridgehead atoms. The highest BCUT2D eigenvalue weighted by atomic mass is 32.2. The van der Waals surface area contributed by atoms with Crippen LogP contribution >= 0.6 is 11.8 Å². The van der Waals surface area contributed by atoms with Gasteiger partial charge in [-0.25, -0.2) is 4.98 Å². The van der Waals surface area contributed by atoms with E-state index in [1.807, 2.05) is 24.3 Å². The molecule has 2 heterocycles. The molecular formula is C16H20N4O3S. The number of amides is 1. The molecule has 1 aromatic heterocycles. The molecule has 1 aromatic carbocycles. The maximum absolute atomic E-state index is 11.9. The van der Waals surface area contributed by atoms with E-state index in [1.165, 1.54) is 11.8 Å². The molecule has 2 N–H and O–H groups in total. The Balaban J connectivity index is 1.47. The number of carbonyl (C=O) groups excluding carboxylic acids is 1. The van der Waals surface area contributed by atoms with Gasteiger partial charge in [0.25, 0.3) is 0 Å². The number of nitrogens with zero attached hydrogens (tertiary/aromatic N) is 2. The third-order valence-electron chi connectivity index (χ3n) is 3.71. The van der Waals surface area contributed by atoms with Crippen molar-refractivity contribution in [2.75, 3.05) is 26.0 Å². The first-order valence-electron chi connectivity index (χ1n) is 7.82. The van der Waals surface area contributed by atoms with Crippen LogP contribution in [0.25, 0.3) is 11.4 Å². The van der Waals surface area contributed by atoms with Crippen LogP contribution in [0, 0.1) is 0 Å². The maximum Gasteiger partial charge on any atom is 0.230 e. The molecule has 1 aliphatic rings. The lowest BCUT2D eigenvalue weighted by Crippen LogP contribution is -2.32. The van der Waals surface area contributed by atoms with Crippen molar-refractivity contribution in [3.05, 3.63) is 24.3 Å². The summed E-state index contributed by atoms with van der Waals surface area (Å²) in [4.78, 5) is 16.2. The van der Waals surface area contributed by atoms with Gasteiger partial charge >= 0.3 is 0 Å². The Kier molecular flexibility index (Phi) is 5.71. The second kappa shape index (κ2) is 8.16. The molecule has 1 atom stereocenters. The van der Waals surface area contributed by atoms with Gasteiger partial charge in [-0.1, -0.05) is 11.8 Å². The summed E-state index contributed by atoms with van der Waals surface area (Å²) >= 11 is 1.30. The third-order valence-corrected chi connectivity index (χ3v) is 4.56. The van der Waals surface area contributed by atoms with Crippen molar-refractivity contribution in [1.82, 2.24) is 20.5 Å². The molecule has 1 saturated heterocycles. The Hall–Kier alpha value is -2.06. The van der Waals surface area contributed by atoms with Crippen LogP contribution in [0.4, 0.5) is 0 Å². The van der Waals surface area contributed by atoms with Gasteiger partial charge in [-0.15, -0.1) is 5.10 Å². The van der Waals surface area contributed by atoms with Crippen LogP contribution in [-0.4, -0.2) is 53.2 Å². The van der Waals surface area contributed by atoms with Gasteiger partial charge in [0.15, 0.2) is 5.82 Å². The average Bonchev–Trinajstić information content (AvgIpc) is 3.30. The third kappa shape index (κ3) is 4.48. The van der Waals surface area contributed by atoms with E-state index in [2.05, 4.69) is 20.5 Å². The van der Waals surface area contributed by atoms with E-state index in [0.717, 1.165) is 30.8 Å². The minimum absolute atomic E-state index is 0.0358. The summed E-state index contributed by atoms with van der Waals surface area (Å²) in [6.45, 7) is 1.37. The highest BCUT2D eigenvalue weighted by Crippen LogP contribution is 2.21. The van der Waals surface area contributed by atoms with Gasteiger partial charge in [-0.05, 0) is 37.1 Å². The number of aromatic amines is 1. The molecule has 128 valence electrons. The van der Waals surface area contributed by atoms with E-state index in [-0.39, 0.29) is 17.8 Å². The van der Waals surface area contributed by atoms with Crippen LogP contribution in [0.1, 0.15) is 12.8 Å². The Morgan fingerprint density at radius 2 is 2.29 bits per heavy atom. The molecule has 1 fully saturated rings. The number of thioether (sulfide) groups is 1. The van der Waals surface area contributed by atoms with E-state index < -0.39 is 0 Å². The molecule has 3 rings (SSSR count). The normalized spacial score (nSPS) is 17.0. The molecule has 0 spiro atoms. The largest absolute Gasteiger partial charge is 0.497 e. The fraction of sp³-hybridized carbons (Fsp3) is 0.438. The molecule has 0 aliphatic carbocycles. The second-order valence-corrected chi connectivity index (χ2v) is 6.37. The van der Waals surface area contributed by atoms with E-state index in [4.69, 9.17) is 9.47 Å². The minimum atomic E-state index is -0.0358. The molecule has 1 aliphatic heterocycles.